The number of nitrogens with zero attached hydrogens (tertiary/aromatic N) is 1. The number of nitrogens with one attached hydrogen (secondary N) is 1. The van der Waals surface area contributed by atoms with E-state index >= 15 is 0 Å². The van der Waals surface area contributed by atoms with Gasteiger partial charge in [-0.3, -0.25) is 0 Å². The van der Waals surface area contributed by atoms with Gasteiger partial charge in [0.15, 0.2) is 0 Å². The molecule has 1 amide bonds. The minimum Gasteiger partial charge on any atom is -0.663 e. The molecule has 0 aliphatic carbocycles. The molecule has 1 N–H and O–H groups in total. The summed E-state index contributed by atoms with van der Waals surface area (Å²) in [7, 11) is 0. The van der Waals surface area contributed by atoms with Crippen molar-refractivity contribution >= 4 is 17.4 Å². The third-order valence-electron chi connectivity index (χ3n) is 0.662. The molecular formula is C4H3N2OSY-. The van der Waals surface area contributed by atoms with Gasteiger partial charge in [0.25, 0.3) is 0 Å². The molecule has 0 saturated heterocycles. The molecule has 0 atom stereocenters. The van der Waals surface area contributed by atoms with E-state index in [1.807, 2.05) is 0 Å². The first kappa shape index (κ1) is 9.20. The van der Waals surface area contributed by atoms with Gasteiger partial charge in [0.2, 0.25) is 0 Å². The molecule has 9 heavy (non-hydrogen) atoms. The van der Waals surface area contributed by atoms with Gasteiger partial charge in [-0.15, -0.1) is 0 Å². The van der Waals surface area contributed by atoms with Crippen molar-refractivity contribution in [3.8, 4) is 0 Å². The van der Waals surface area contributed by atoms with Crippen LogP contribution in [0.25, 0.3) is 5.73 Å². The maximum absolute atomic E-state index is 10.1. The summed E-state index contributed by atoms with van der Waals surface area (Å²) in [6, 6.07) is 1.53. The average Bonchev–Trinajstić information content (AvgIpc) is 2.12. The number of carbonyl (C=O) groups is 1. The molecule has 0 aromatic carbocycles. The molecule has 0 saturated carbocycles. The molecule has 3 nitrogen and oxygen atoms in total. The van der Waals surface area contributed by atoms with Crippen LogP contribution in [0.3, 0.4) is 0 Å². The van der Waals surface area contributed by atoms with E-state index in [9.17, 15) is 4.79 Å². The van der Waals surface area contributed by atoms with Crippen LogP contribution in [0, 0.1) is 0 Å². The van der Waals surface area contributed by atoms with Crippen LogP contribution in [0.2, 0.25) is 0 Å². The number of rotatable bonds is 1. The van der Waals surface area contributed by atoms with Crippen LogP contribution in [-0.4, -0.2) is 10.3 Å². The Morgan fingerprint density at radius 2 is 2.44 bits per heavy atom. The Morgan fingerprint density at radius 1 is 1.78 bits per heavy atom. The van der Waals surface area contributed by atoms with Crippen molar-refractivity contribution in [2.45, 2.75) is 0 Å². The SMILES string of the molecule is [NH-]C(=O)c1ccns1.[Y]. The second-order valence-electron chi connectivity index (χ2n) is 1.21. The number of aromatic nitrogens is 1. The van der Waals surface area contributed by atoms with Gasteiger partial charge in [-0.05, 0) is 17.6 Å². The quantitative estimate of drug-likeness (QED) is 0.710. The van der Waals surface area contributed by atoms with E-state index in [2.05, 4.69) is 4.37 Å². The van der Waals surface area contributed by atoms with E-state index in [0.717, 1.165) is 11.5 Å². The number of hydrogen-bond donors (Lipinski definition) is 0. The summed E-state index contributed by atoms with van der Waals surface area (Å²) in [4.78, 5) is 10.5. The molecule has 0 aliphatic heterocycles. The van der Waals surface area contributed by atoms with E-state index in [1.165, 1.54) is 12.3 Å². The van der Waals surface area contributed by atoms with Crippen LogP contribution < -0.4 is 0 Å². The van der Waals surface area contributed by atoms with Crippen LogP contribution in [-0.2, 0) is 32.7 Å². The summed E-state index contributed by atoms with van der Waals surface area (Å²) in [5, 5.41) is 0. The molecule has 1 heterocycles. The molecule has 1 rings (SSSR count). The van der Waals surface area contributed by atoms with Gasteiger partial charge < -0.3 is 10.5 Å². The first-order valence-corrected chi connectivity index (χ1v) is 2.74. The van der Waals surface area contributed by atoms with Gasteiger partial charge in [0, 0.05) is 38.9 Å². The molecule has 0 spiro atoms. The molecule has 45 valence electrons. The van der Waals surface area contributed by atoms with Crippen LogP contribution in [0.5, 0.6) is 0 Å². The zero-order chi connectivity index (χ0) is 5.98. The average molecular weight is 216 g/mol. The predicted octanol–water partition coefficient (Wildman–Crippen LogP) is 1.33. The third kappa shape index (κ3) is 2.52. The smallest absolute Gasteiger partial charge is 0.0914 e. The van der Waals surface area contributed by atoms with Gasteiger partial charge in [0.05, 0.1) is 10.8 Å². The Kier molecular flexibility index (Phi) is 4.18. The fourth-order valence-corrected chi connectivity index (χ4v) is 0.773. The van der Waals surface area contributed by atoms with Crippen molar-refractivity contribution < 1.29 is 37.5 Å². The summed E-state index contributed by atoms with van der Waals surface area (Å²) >= 11 is 1.04. The normalized spacial score (nSPS) is 8.00. The number of hydrogen-bond acceptors (Lipinski definition) is 3. The van der Waals surface area contributed by atoms with Crippen LogP contribution in [0.4, 0.5) is 0 Å². The van der Waals surface area contributed by atoms with Crippen molar-refractivity contribution in [2.75, 3.05) is 0 Å². The maximum atomic E-state index is 10.1. The van der Waals surface area contributed by atoms with Crippen LogP contribution in [0.1, 0.15) is 9.67 Å². The second-order valence-corrected chi connectivity index (χ2v) is 2.04. The third-order valence-corrected chi connectivity index (χ3v) is 1.41. The number of carbonyl (C=O) groups excluding carboxylic acids is 1. The van der Waals surface area contributed by atoms with Gasteiger partial charge in [-0.2, -0.15) is 0 Å². The molecule has 1 radical (unpaired) electrons. The van der Waals surface area contributed by atoms with Crippen molar-refractivity contribution in [3.63, 3.8) is 0 Å². The minimum absolute atomic E-state index is 0. The fourth-order valence-electron chi connectivity index (χ4n) is 0.333. The number of amides is 1. The minimum atomic E-state index is -0.660. The van der Waals surface area contributed by atoms with E-state index in [0.29, 0.717) is 4.88 Å². The second kappa shape index (κ2) is 4.09. The van der Waals surface area contributed by atoms with Crippen LogP contribution in [0.15, 0.2) is 12.3 Å². The predicted molar refractivity (Wildman–Crippen MR) is 30.8 cm³/mol. The van der Waals surface area contributed by atoms with E-state index in [-0.39, 0.29) is 32.7 Å². The van der Waals surface area contributed by atoms with E-state index in [4.69, 9.17) is 5.73 Å². The maximum Gasteiger partial charge on any atom is 0.0914 e. The first-order chi connectivity index (χ1) is 3.80. The van der Waals surface area contributed by atoms with Crippen molar-refractivity contribution in [3.05, 3.63) is 22.9 Å². The Morgan fingerprint density at radius 3 is 2.67 bits per heavy atom. The summed E-state index contributed by atoms with van der Waals surface area (Å²) < 4.78 is 3.64. The van der Waals surface area contributed by atoms with Crippen molar-refractivity contribution in [1.82, 2.24) is 4.37 Å². The van der Waals surface area contributed by atoms with Gasteiger partial charge in [-0.1, -0.05) is 0 Å². The Balaban J connectivity index is 0.000000640. The summed E-state index contributed by atoms with van der Waals surface area (Å²) in [5.41, 5.74) is 6.57. The molecule has 0 unspecified atom stereocenters. The summed E-state index contributed by atoms with van der Waals surface area (Å²) in [6.07, 6.45) is 1.51. The molecule has 1 aromatic rings. The Labute approximate surface area is 81.7 Å². The van der Waals surface area contributed by atoms with E-state index < -0.39 is 5.91 Å². The molecule has 0 aliphatic rings. The summed E-state index contributed by atoms with van der Waals surface area (Å²) in [6.45, 7) is 0. The molecule has 5 heteroatoms. The van der Waals surface area contributed by atoms with Crippen molar-refractivity contribution in [1.29, 1.82) is 0 Å². The first-order valence-electron chi connectivity index (χ1n) is 1.97. The van der Waals surface area contributed by atoms with E-state index in [1.54, 1.807) is 0 Å². The molecule has 0 fully saturated rings. The van der Waals surface area contributed by atoms with Crippen LogP contribution >= 0.6 is 11.5 Å². The van der Waals surface area contributed by atoms with Gasteiger partial charge in [0.1, 0.15) is 0 Å². The van der Waals surface area contributed by atoms with Gasteiger partial charge in [-0.25, -0.2) is 4.37 Å². The largest absolute Gasteiger partial charge is 0.663 e. The zero-order valence-electron chi connectivity index (χ0n) is 4.50. The van der Waals surface area contributed by atoms with Crippen molar-refractivity contribution in [2.24, 2.45) is 0 Å². The molecular weight excluding hydrogens is 213 g/mol. The standard InChI is InChI=1S/C4H4N2OS.Y/c5-4(7)3-1-2-6-8-3;/h1-2H,(H2,5,7);/p-1. The Bertz CT molecular complexity index is 186. The fraction of sp³-hybridized carbons (Fsp3) is 0. The molecule has 0 bridgehead atoms. The topological polar surface area (TPSA) is 53.8 Å². The molecule has 1 aromatic heterocycles. The van der Waals surface area contributed by atoms with Gasteiger partial charge >= 0.3 is 0 Å². The monoisotopic (exact) mass is 216 g/mol. The summed E-state index contributed by atoms with van der Waals surface area (Å²) in [5.74, 6) is -0.660. The zero-order valence-corrected chi connectivity index (χ0v) is 8.15. The Hall–Kier alpha value is 0.204.